The van der Waals surface area contributed by atoms with E-state index in [1.165, 1.54) is 0 Å². The number of aliphatic hydroxyl groups excluding tert-OH is 1. The van der Waals surface area contributed by atoms with E-state index >= 15 is 0 Å². The highest BCUT2D eigenvalue weighted by Crippen LogP contribution is 2.12. The summed E-state index contributed by atoms with van der Waals surface area (Å²) >= 11 is 0. The zero-order valence-electron chi connectivity index (χ0n) is 11.4. The van der Waals surface area contributed by atoms with E-state index in [1.54, 1.807) is 12.3 Å². The van der Waals surface area contributed by atoms with Crippen LogP contribution in [0.15, 0.2) is 12.3 Å². The molecular formula is C13H23N3O2. The highest BCUT2D eigenvalue weighted by atomic mass is 16.5. The van der Waals surface area contributed by atoms with Crippen molar-refractivity contribution in [2.24, 2.45) is 5.92 Å². The fourth-order valence-corrected chi connectivity index (χ4v) is 1.63. The summed E-state index contributed by atoms with van der Waals surface area (Å²) in [6.07, 6.45) is 3.48. The van der Waals surface area contributed by atoms with Gasteiger partial charge < -0.3 is 15.2 Å². The Morgan fingerprint density at radius 1 is 1.44 bits per heavy atom. The lowest BCUT2D eigenvalue weighted by atomic mass is 10.0. The molecule has 5 nitrogen and oxygen atoms in total. The Labute approximate surface area is 109 Å². The Kier molecular flexibility index (Phi) is 6.43. The number of hydrogen-bond acceptors (Lipinski definition) is 5. The van der Waals surface area contributed by atoms with E-state index in [4.69, 9.17) is 4.74 Å². The van der Waals surface area contributed by atoms with Crippen molar-refractivity contribution in [3.63, 3.8) is 0 Å². The molecule has 0 radical (unpaired) electrons. The maximum Gasteiger partial charge on any atom is 0.226 e. The molecule has 0 aliphatic carbocycles. The van der Waals surface area contributed by atoms with Gasteiger partial charge in [-0.2, -0.15) is 4.98 Å². The van der Waals surface area contributed by atoms with E-state index in [-0.39, 0.29) is 12.6 Å². The van der Waals surface area contributed by atoms with Crippen molar-refractivity contribution in [3.05, 3.63) is 12.3 Å². The van der Waals surface area contributed by atoms with Crippen molar-refractivity contribution in [2.45, 2.75) is 39.7 Å². The maximum atomic E-state index is 9.30. The third-order valence-corrected chi connectivity index (χ3v) is 2.39. The van der Waals surface area contributed by atoms with Crippen LogP contribution in [0.25, 0.3) is 0 Å². The molecule has 5 heteroatoms. The number of anilines is 1. The summed E-state index contributed by atoms with van der Waals surface area (Å²) in [5.74, 6) is 1.58. The molecule has 1 rings (SSSR count). The second-order valence-corrected chi connectivity index (χ2v) is 4.72. The quantitative estimate of drug-likeness (QED) is 0.742. The topological polar surface area (TPSA) is 67.3 Å². The monoisotopic (exact) mass is 253 g/mol. The summed E-state index contributed by atoms with van der Waals surface area (Å²) in [4.78, 5) is 8.38. The molecule has 1 unspecified atom stereocenters. The molecular weight excluding hydrogens is 230 g/mol. The summed E-state index contributed by atoms with van der Waals surface area (Å²) in [6, 6.07) is 1.71. The van der Waals surface area contributed by atoms with Crippen LogP contribution in [0.3, 0.4) is 0 Å². The minimum atomic E-state index is -0.0218. The van der Waals surface area contributed by atoms with Crippen LogP contribution in [0.2, 0.25) is 0 Å². The van der Waals surface area contributed by atoms with Gasteiger partial charge in [0.05, 0.1) is 19.3 Å². The van der Waals surface area contributed by atoms with E-state index in [1.807, 2.05) is 6.92 Å². The maximum absolute atomic E-state index is 9.30. The molecule has 1 heterocycles. The molecule has 1 aromatic heterocycles. The first kappa shape index (κ1) is 14.7. The Morgan fingerprint density at radius 3 is 2.83 bits per heavy atom. The van der Waals surface area contributed by atoms with E-state index in [0.29, 0.717) is 24.4 Å². The second kappa shape index (κ2) is 7.87. The Morgan fingerprint density at radius 2 is 2.22 bits per heavy atom. The smallest absolute Gasteiger partial charge is 0.226 e. The van der Waals surface area contributed by atoms with Crippen molar-refractivity contribution < 1.29 is 9.84 Å². The molecule has 0 fully saturated rings. The standard InChI is InChI=1S/C13H23N3O2/c1-4-7-18-12-5-6-14-13(16-12)15-11(9-17)8-10(2)3/h5-6,10-11,17H,4,7-9H2,1-3H3,(H,14,15,16). The van der Waals surface area contributed by atoms with Crippen LogP contribution in [0.1, 0.15) is 33.6 Å². The van der Waals surface area contributed by atoms with Gasteiger partial charge in [0, 0.05) is 12.3 Å². The molecule has 0 aliphatic heterocycles. The largest absolute Gasteiger partial charge is 0.478 e. The highest BCUT2D eigenvalue weighted by molar-refractivity contribution is 5.28. The lowest BCUT2D eigenvalue weighted by molar-refractivity contribution is 0.258. The molecule has 0 aromatic carbocycles. The first-order valence-corrected chi connectivity index (χ1v) is 6.49. The molecule has 18 heavy (non-hydrogen) atoms. The van der Waals surface area contributed by atoms with E-state index in [9.17, 15) is 5.11 Å². The summed E-state index contributed by atoms with van der Waals surface area (Å²) < 4.78 is 5.44. The summed E-state index contributed by atoms with van der Waals surface area (Å²) in [6.45, 7) is 7.00. The van der Waals surface area contributed by atoms with E-state index < -0.39 is 0 Å². The zero-order chi connectivity index (χ0) is 13.4. The van der Waals surface area contributed by atoms with Crippen molar-refractivity contribution >= 4 is 5.95 Å². The van der Waals surface area contributed by atoms with Crippen LogP contribution in [0.5, 0.6) is 5.88 Å². The van der Waals surface area contributed by atoms with Crippen molar-refractivity contribution in [3.8, 4) is 5.88 Å². The minimum Gasteiger partial charge on any atom is -0.478 e. The van der Waals surface area contributed by atoms with Gasteiger partial charge >= 0.3 is 0 Å². The molecule has 0 spiro atoms. The Hall–Kier alpha value is -1.36. The summed E-state index contributed by atoms with van der Waals surface area (Å²) in [7, 11) is 0. The number of hydrogen-bond donors (Lipinski definition) is 2. The van der Waals surface area contributed by atoms with Crippen LogP contribution in [0.4, 0.5) is 5.95 Å². The Bertz CT molecular complexity index is 345. The fourth-order valence-electron chi connectivity index (χ4n) is 1.63. The lowest BCUT2D eigenvalue weighted by Gasteiger charge is -2.18. The van der Waals surface area contributed by atoms with Crippen molar-refractivity contribution in [1.82, 2.24) is 9.97 Å². The van der Waals surface area contributed by atoms with Crippen LogP contribution in [-0.2, 0) is 0 Å². The summed E-state index contributed by atoms with van der Waals surface area (Å²) in [5.41, 5.74) is 0. The molecule has 0 aliphatic rings. The Balaban J connectivity index is 2.59. The first-order chi connectivity index (χ1) is 8.65. The van der Waals surface area contributed by atoms with Crippen molar-refractivity contribution in [2.75, 3.05) is 18.5 Å². The van der Waals surface area contributed by atoms with Gasteiger partial charge in [0.15, 0.2) is 0 Å². The molecule has 0 saturated heterocycles. The molecule has 0 saturated carbocycles. The zero-order valence-corrected chi connectivity index (χ0v) is 11.4. The van der Waals surface area contributed by atoms with Crippen molar-refractivity contribution in [1.29, 1.82) is 0 Å². The number of rotatable bonds is 8. The average molecular weight is 253 g/mol. The second-order valence-electron chi connectivity index (χ2n) is 4.72. The number of ether oxygens (including phenoxy) is 1. The average Bonchev–Trinajstić information content (AvgIpc) is 2.35. The van der Waals surface area contributed by atoms with Gasteiger partial charge in [0.25, 0.3) is 0 Å². The van der Waals surface area contributed by atoms with Crippen LogP contribution in [-0.4, -0.2) is 34.3 Å². The number of nitrogens with one attached hydrogen (secondary N) is 1. The van der Waals surface area contributed by atoms with E-state index in [2.05, 4.69) is 29.1 Å². The highest BCUT2D eigenvalue weighted by Gasteiger charge is 2.11. The predicted molar refractivity (Wildman–Crippen MR) is 71.8 cm³/mol. The molecule has 1 aromatic rings. The fraction of sp³-hybridized carbons (Fsp3) is 0.692. The predicted octanol–water partition coefficient (Wildman–Crippen LogP) is 2.08. The molecule has 2 N–H and O–H groups in total. The summed E-state index contributed by atoms with van der Waals surface area (Å²) in [5, 5.41) is 12.4. The third kappa shape index (κ3) is 5.31. The molecule has 0 bridgehead atoms. The van der Waals surface area contributed by atoms with Gasteiger partial charge in [-0.1, -0.05) is 20.8 Å². The molecule has 0 amide bonds. The molecule has 1 atom stereocenters. The lowest BCUT2D eigenvalue weighted by Crippen LogP contribution is -2.26. The van der Waals surface area contributed by atoms with Gasteiger partial charge in [0.2, 0.25) is 11.8 Å². The number of nitrogens with zero attached hydrogens (tertiary/aromatic N) is 2. The SMILES string of the molecule is CCCOc1ccnc(NC(CO)CC(C)C)n1. The third-order valence-electron chi connectivity index (χ3n) is 2.39. The number of aliphatic hydroxyl groups is 1. The van der Waals surface area contributed by atoms with Gasteiger partial charge in [-0.3, -0.25) is 0 Å². The minimum absolute atomic E-state index is 0.0218. The van der Waals surface area contributed by atoms with Crippen LogP contribution < -0.4 is 10.1 Å². The first-order valence-electron chi connectivity index (χ1n) is 6.49. The van der Waals surface area contributed by atoms with E-state index in [0.717, 1.165) is 12.8 Å². The number of aromatic nitrogens is 2. The van der Waals surface area contributed by atoms with Gasteiger partial charge in [0.1, 0.15) is 0 Å². The normalized spacial score (nSPS) is 12.5. The molecule has 102 valence electrons. The van der Waals surface area contributed by atoms with Gasteiger partial charge in [-0.05, 0) is 18.8 Å². The van der Waals surface area contributed by atoms with Crippen LogP contribution in [0, 0.1) is 5.92 Å². The van der Waals surface area contributed by atoms with Crippen LogP contribution >= 0.6 is 0 Å². The van der Waals surface area contributed by atoms with Gasteiger partial charge in [-0.25, -0.2) is 4.98 Å². The van der Waals surface area contributed by atoms with Gasteiger partial charge in [-0.15, -0.1) is 0 Å².